The fourth-order valence-corrected chi connectivity index (χ4v) is 13.9. The van der Waals surface area contributed by atoms with Gasteiger partial charge < -0.3 is 16.0 Å². The lowest BCUT2D eigenvalue weighted by Gasteiger charge is -2.27. The quantitative estimate of drug-likeness (QED) is 0.0523. The molecule has 0 bridgehead atoms. The predicted octanol–water partition coefficient (Wildman–Crippen LogP) is 13.4. The summed E-state index contributed by atoms with van der Waals surface area (Å²) in [6, 6.07) is 62.7. The van der Waals surface area contributed by atoms with Gasteiger partial charge in [-0.05, 0) is 116 Å². The topological polar surface area (TPSA) is 280 Å². The second-order valence-corrected chi connectivity index (χ2v) is 26.5. The molecule has 3 atom stereocenters. The summed E-state index contributed by atoms with van der Waals surface area (Å²) in [5.41, 5.74) is 12.6. The number of carbonyl (C=O) groups is 8. The molecule has 3 unspecified atom stereocenters. The predicted molar refractivity (Wildman–Crippen MR) is 389 cm³/mol. The molecular weight excluding hydrogens is 1360 g/mol. The number of nitrogens with zero attached hydrogens (tertiary/aromatic N) is 6. The Kier molecular flexibility index (Phi) is 20.7. The van der Waals surface area contributed by atoms with Gasteiger partial charge in [0.25, 0.3) is 29.5 Å². The van der Waals surface area contributed by atoms with Crippen molar-refractivity contribution in [2.75, 3.05) is 22.5 Å². The van der Waals surface area contributed by atoms with Gasteiger partial charge in [-0.1, -0.05) is 186 Å². The smallest absolute Gasteiger partial charge is 0.270 e. The van der Waals surface area contributed by atoms with Crippen LogP contribution in [0.1, 0.15) is 65.5 Å². The summed E-state index contributed by atoms with van der Waals surface area (Å²) < 4.78 is 0. The van der Waals surface area contributed by atoms with E-state index in [0.717, 1.165) is 49.7 Å². The van der Waals surface area contributed by atoms with Crippen LogP contribution in [0.3, 0.4) is 0 Å². The van der Waals surface area contributed by atoms with Crippen molar-refractivity contribution < 1.29 is 54.0 Å². The van der Waals surface area contributed by atoms with Gasteiger partial charge in [-0.15, -0.1) is 0 Å². The molecule has 512 valence electrons. The van der Waals surface area contributed by atoms with Gasteiger partial charge in [0.1, 0.15) is 18.1 Å². The van der Waals surface area contributed by atoms with Crippen molar-refractivity contribution in [1.29, 1.82) is 0 Å². The molecule has 6 heterocycles. The number of benzodiazepines with no additional fused rings is 3. The van der Waals surface area contributed by atoms with E-state index in [2.05, 4.69) is 16.0 Å². The zero-order chi connectivity index (χ0) is 71.3. The molecule has 0 radical (unpaired) electrons. The number of benzene rings is 9. The van der Waals surface area contributed by atoms with Crippen LogP contribution in [0.5, 0.6) is 0 Å². The van der Waals surface area contributed by atoms with Crippen LogP contribution in [-0.2, 0) is 57.6 Å². The van der Waals surface area contributed by atoms with Crippen molar-refractivity contribution in [3.05, 3.63) is 266 Å². The van der Waals surface area contributed by atoms with Gasteiger partial charge in [-0.3, -0.25) is 69.0 Å². The average molecular weight is 1420 g/mol. The van der Waals surface area contributed by atoms with Crippen LogP contribution in [-0.4, -0.2) is 120 Å². The number of hydrogen-bond donors (Lipinski definition) is 6. The average Bonchev–Trinajstić information content (AvgIpc) is 1.59. The lowest BCUT2D eigenvalue weighted by atomic mass is 9.87. The van der Waals surface area contributed by atoms with Gasteiger partial charge in [-0.2, -0.15) is 10.1 Å². The molecule has 23 heteroatoms. The Labute approximate surface area is 600 Å². The molecule has 9 aromatic carbocycles. The summed E-state index contributed by atoms with van der Waals surface area (Å²) in [4.78, 5) is 115. The molecule has 8 amide bonds. The van der Waals surface area contributed by atoms with Crippen LogP contribution in [0.15, 0.2) is 233 Å². The summed E-state index contributed by atoms with van der Waals surface area (Å²) in [6.45, 7) is 0.155. The Bertz CT molecular complexity index is 4970. The van der Waals surface area contributed by atoms with E-state index in [9.17, 15) is 54.0 Å². The highest BCUT2D eigenvalue weighted by atomic mass is 35.5. The van der Waals surface area contributed by atoms with Crippen LogP contribution < -0.4 is 16.0 Å². The van der Waals surface area contributed by atoms with E-state index >= 15 is 0 Å². The number of imide groups is 2. The number of fused-ring (bicyclic) bond motifs is 4. The highest BCUT2D eigenvalue weighted by Crippen LogP contribution is 2.37. The van der Waals surface area contributed by atoms with Crippen molar-refractivity contribution in [2.24, 2.45) is 26.8 Å². The Morgan fingerprint density at radius 2 is 0.804 bits per heavy atom. The van der Waals surface area contributed by atoms with E-state index in [-0.39, 0.29) is 60.1 Å². The molecule has 9 aromatic rings. The minimum Gasteiger partial charge on any atom is -0.324 e. The number of halogens is 3. The first-order valence-electron chi connectivity index (χ1n) is 32.9. The highest BCUT2D eigenvalue weighted by molar-refractivity contribution is 6.33. The molecular formula is C79H64Cl3N9O11. The van der Waals surface area contributed by atoms with Gasteiger partial charge >= 0.3 is 0 Å². The maximum absolute atomic E-state index is 13.3. The van der Waals surface area contributed by atoms with Crippen molar-refractivity contribution in [3.63, 3.8) is 0 Å². The van der Waals surface area contributed by atoms with E-state index in [1.54, 1.807) is 54.6 Å². The highest BCUT2D eigenvalue weighted by Gasteiger charge is 2.40. The Balaban J connectivity index is 0.000000137. The van der Waals surface area contributed by atoms with Crippen molar-refractivity contribution >= 4 is 127 Å². The van der Waals surface area contributed by atoms with Gasteiger partial charge in [0.2, 0.25) is 17.7 Å². The third-order valence-corrected chi connectivity index (χ3v) is 19.1. The van der Waals surface area contributed by atoms with Crippen LogP contribution >= 0.6 is 34.8 Å². The van der Waals surface area contributed by atoms with Crippen molar-refractivity contribution in [3.8, 4) is 22.3 Å². The first-order valence-corrected chi connectivity index (χ1v) is 34.0. The minimum absolute atomic E-state index is 0.0933. The van der Waals surface area contributed by atoms with E-state index < -0.39 is 59.5 Å². The van der Waals surface area contributed by atoms with Gasteiger partial charge in [-0.25, -0.2) is 5.06 Å². The molecule has 0 aliphatic carbocycles. The number of rotatable bonds is 11. The third kappa shape index (κ3) is 15.4. The summed E-state index contributed by atoms with van der Waals surface area (Å²) in [5.74, 6) is -5.27. The maximum Gasteiger partial charge on any atom is 0.270 e. The second-order valence-electron chi connectivity index (χ2n) is 25.2. The Hall–Kier alpha value is -11.1. The summed E-state index contributed by atoms with van der Waals surface area (Å²) in [7, 11) is 0. The maximum atomic E-state index is 13.3. The number of nitrogens with one attached hydrogen (secondary N) is 3. The summed E-state index contributed by atoms with van der Waals surface area (Å²) in [6.07, 6.45) is 2.45. The molecule has 6 aliphatic heterocycles. The monoisotopic (exact) mass is 1420 g/mol. The second kappa shape index (κ2) is 30.4. The molecule has 0 aromatic heterocycles. The van der Waals surface area contributed by atoms with Crippen LogP contribution in [0, 0.1) is 11.8 Å². The molecule has 6 N–H and O–H groups in total. The Morgan fingerprint density at radius 3 is 1.27 bits per heavy atom. The third-order valence-electron chi connectivity index (χ3n) is 18.4. The summed E-state index contributed by atoms with van der Waals surface area (Å²) >= 11 is 18.8. The summed E-state index contributed by atoms with van der Waals surface area (Å²) in [5, 5.41) is 42.4. The van der Waals surface area contributed by atoms with E-state index in [0.29, 0.717) is 102 Å². The SMILES string of the molecule is O=C1Nc2ccc(Cl)cc2C(C2=CC(=O)N(O)CC2)=NC1Cc1ccccc1-c1ccccc1.O=C1Nc2ccc(Cl)cc2C(C2CC(=O)N(O)C(=O)C2)=NC1Cc1ccc2ccccc2c1.O=C1Nc2ccc(Cl)cc2C(C2CC(=O)N(O)C(=O)C2)=NC1Cc1ccccc1-c1ccccc1. The number of hydroxylamine groups is 6. The minimum atomic E-state index is -0.793. The molecule has 0 saturated carbocycles. The molecule has 6 aliphatic rings. The van der Waals surface area contributed by atoms with Crippen LogP contribution in [0.25, 0.3) is 33.0 Å². The zero-order valence-corrected chi connectivity index (χ0v) is 56.7. The zero-order valence-electron chi connectivity index (χ0n) is 54.4. The molecule has 2 saturated heterocycles. The van der Waals surface area contributed by atoms with Gasteiger partial charge in [0.15, 0.2) is 0 Å². The van der Waals surface area contributed by atoms with E-state index in [1.165, 1.54) is 6.08 Å². The molecule has 0 spiro atoms. The molecule has 15 rings (SSSR count). The first kappa shape index (κ1) is 69.4. The first-order chi connectivity index (χ1) is 49.3. The fourth-order valence-electron chi connectivity index (χ4n) is 13.4. The molecule has 20 nitrogen and oxygen atoms in total. The van der Waals surface area contributed by atoms with Crippen LogP contribution in [0.4, 0.5) is 17.1 Å². The lowest BCUT2D eigenvalue weighted by Crippen LogP contribution is -2.43. The number of amides is 8. The number of aliphatic imine (C=N–C) groups is 3. The van der Waals surface area contributed by atoms with E-state index in [4.69, 9.17) is 49.8 Å². The van der Waals surface area contributed by atoms with Gasteiger partial charge in [0, 0.05) is 117 Å². The molecule has 2 fully saturated rings. The number of carbonyl (C=O) groups excluding carboxylic acids is 8. The van der Waals surface area contributed by atoms with Crippen molar-refractivity contribution in [2.45, 2.75) is 69.5 Å². The molecule has 102 heavy (non-hydrogen) atoms. The standard InChI is InChI=1S/C27H22ClN3O4.C27H22ClN3O3.C25H20ClN3O4/c28-19-10-11-22-21(15-19)26(18-13-24(32)31(35)25(33)14-18)29-23(27(34)30-22)12-17-8-4-5-9-20(17)16-6-2-1-3-7-16;28-20-10-11-23-22(16-20)26(19-12-13-31(34)25(32)15-19)29-24(27(33)30-23)14-18-8-4-5-9-21(18)17-6-2-1-3-7-17;26-18-7-8-20-19(13-18)24(17-11-22(30)29(33)23(31)12-17)27-21(25(32)28-20)10-14-5-6-15-3-1-2-4-16(15)9-14/h1-11,15,18,23,35H,12-14H2,(H,30,34);1-11,15-16,24,34H,12-14H2,(H,30,33);1-9,13,17,21,33H,10-12H2,(H,28,32). The Morgan fingerprint density at radius 1 is 0.402 bits per heavy atom. The lowest BCUT2D eigenvalue weighted by molar-refractivity contribution is -0.184. The fraction of sp³-hybridized carbons (Fsp3) is 0.177. The van der Waals surface area contributed by atoms with Gasteiger partial charge in [0.05, 0.1) is 17.9 Å². The largest absolute Gasteiger partial charge is 0.324 e. The number of piperidine rings is 2. The number of hydrogen-bond acceptors (Lipinski definition) is 14. The normalized spacial score (nSPS) is 18.6. The van der Waals surface area contributed by atoms with E-state index in [1.807, 2.05) is 152 Å². The van der Waals surface area contributed by atoms with Crippen LogP contribution in [0.2, 0.25) is 15.1 Å². The number of anilines is 3. The van der Waals surface area contributed by atoms with Crippen molar-refractivity contribution in [1.82, 2.24) is 15.2 Å².